The van der Waals surface area contributed by atoms with E-state index in [1.54, 1.807) is 0 Å². The molecule has 2 aliphatic heterocycles. The number of amides is 1. The fraction of sp³-hybridized carbons (Fsp3) is 0.600. The molecule has 0 spiro atoms. The molecule has 4 N–H and O–H groups in total. The number of aromatic carboxylic acids is 1. The van der Waals surface area contributed by atoms with Crippen molar-refractivity contribution in [2.24, 2.45) is 11.3 Å². The largest absolute Gasteiger partial charge is 0.475 e. The molecule has 3 heterocycles. The predicted molar refractivity (Wildman–Crippen MR) is 94.3 cm³/mol. The van der Waals surface area contributed by atoms with E-state index in [-0.39, 0.29) is 61.6 Å². The summed E-state index contributed by atoms with van der Waals surface area (Å²) in [6.07, 6.45) is 0. The van der Waals surface area contributed by atoms with Crippen LogP contribution in [0.5, 0.6) is 0 Å². The van der Waals surface area contributed by atoms with E-state index < -0.39 is 5.97 Å². The van der Waals surface area contributed by atoms with Crippen molar-refractivity contribution in [2.45, 2.75) is 6.54 Å². The van der Waals surface area contributed by atoms with Gasteiger partial charge < -0.3 is 25.3 Å². The summed E-state index contributed by atoms with van der Waals surface area (Å²) in [7, 11) is 0. The number of carboxylic acid groups (broad SMARTS) is 1. The predicted octanol–water partition coefficient (Wildman–Crippen LogP) is -0.0487. The lowest BCUT2D eigenvalue weighted by atomic mass is 9.82. The Kier molecular flexibility index (Phi) is 7.70. The number of carboxylic acids is 1. The third-order valence-corrected chi connectivity index (χ3v) is 4.77. The van der Waals surface area contributed by atoms with Crippen molar-refractivity contribution in [3.63, 3.8) is 0 Å². The van der Waals surface area contributed by atoms with Crippen LogP contribution in [0.2, 0.25) is 0 Å². The van der Waals surface area contributed by atoms with Crippen LogP contribution in [0.3, 0.4) is 0 Å². The summed E-state index contributed by atoms with van der Waals surface area (Å²) in [5, 5.41) is 24.5. The van der Waals surface area contributed by atoms with Crippen LogP contribution >= 0.6 is 24.8 Å². The first-order chi connectivity index (χ1) is 11.0. The summed E-state index contributed by atoms with van der Waals surface area (Å²) in [5.74, 6) is -0.624. The Hall–Kier alpha value is -1.32. The maximum atomic E-state index is 12.0. The van der Waals surface area contributed by atoms with Crippen molar-refractivity contribution in [3.05, 3.63) is 23.7 Å². The van der Waals surface area contributed by atoms with E-state index >= 15 is 0 Å². The lowest BCUT2D eigenvalue weighted by Crippen LogP contribution is -2.40. The highest BCUT2D eigenvalue weighted by Gasteiger charge is 2.49. The molecule has 0 aromatic carbocycles. The minimum absolute atomic E-state index is 0. The van der Waals surface area contributed by atoms with E-state index in [9.17, 15) is 14.7 Å². The van der Waals surface area contributed by atoms with Gasteiger partial charge in [0.1, 0.15) is 5.76 Å². The summed E-state index contributed by atoms with van der Waals surface area (Å²) in [4.78, 5) is 24.8. The number of hydrogen-bond acceptors (Lipinski definition) is 6. The second kappa shape index (κ2) is 8.86. The van der Waals surface area contributed by atoms with Gasteiger partial charge in [-0.15, -0.1) is 24.8 Å². The molecule has 0 aliphatic carbocycles. The maximum Gasteiger partial charge on any atom is 0.371 e. The lowest BCUT2D eigenvalue weighted by Gasteiger charge is -2.25. The van der Waals surface area contributed by atoms with Crippen molar-refractivity contribution >= 4 is 36.7 Å². The molecule has 10 heteroatoms. The van der Waals surface area contributed by atoms with Gasteiger partial charge in [0.2, 0.25) is 11.7 Å². The zero-order valence-electron chi connectivity index (χ0n) is 13.6. The quantitative estimate of drug-likeness (QED) is 0.533. The fourth-order valence-corrected chi connectivity index (χ4v) is 3.51. The number of carbonyl (C=O) groups excluding carboxylic acids is 1. The summed E-state index contributed by atoms with van der Waals surface area (Å²) in [6.45, 7) is 3.73. The molecule has 0 radical (unpaired) electrons. The number of fused-ring (bicyclic) bond motifs is 1. The van der Waals surface area contributed by atoms with E-state index in [4.69, 9.17) is 9.52 Å². The van der Waals surface area contributed by atoms with Crippen LogP contribution in [0.4, 0.5) is 0 Å². The molecule has 2 unspecified atom stereocenters. The molecule has 25 heavy (non-hydrogen) atoms. The summed E-state index contributed by atoms with van der Waals surface area (Å²) < 4.78 is 5.09. The summed E-state index contributed by atoms with van der Waals surface area (Å²) in [6, 6.07) is 2.90. The number of halogens is 2. The molecule has 0 saturated carbocycles. The van der Waals surface area contributed by atoms with Gasteiger partial charge in [0.25, 0.3) is 0 Å². The second-order valence-corrected chi connectivity index (χ2v) is 6.37. The van der Waals surface area contributed by atoms with Gasteiger partial charge in [-0.25, -0.2) is 4.79 Å². The van der Waals surface area contributed by atoms with Crippen LogP contribution in [0.25, 0.3) is 0 Å². The first-order valence-corrected chi connectivity index (χ1v) is 7.65. The molecule has 1 aromatic rings. The zero-order valence-corrected chi connectivity index (χ0v) is 15.2. The van der Waals surface area contributed by atoms with Gasteiger partial charge in [0, 0.05) is 25.0 Å². The fourth-order valence-electron chi connectivity index (χ4n) is 3.51. The van der Waals surface area contributed by atoms with E-state index in [2.05, 4.69) is 15.5 Å². The first-order valence-electron chi connectivity index (χ1n) is 7.65. The average Bonchev–Trinajstić information content (AvgIpc) is 3.18. The number of nitrogens with one attached hydrogen (secondary N) is 2. The van der Waals surface area contributed by atoms with Gasteiger partial charge in [-0.05, 0) is 24.6 Å². The number of aliphatic hydroxyl groups is 1. The van der Waals surface area contributed by atoms with Crippen molar-refractivity contribution in [3.8, 4) is 0 Å². The smallest absolute Gasteiger partial charge is 0.371 e. The number of nitrogens with zero attached hydrogens (tertiary/aromatic N) is 1. The van der Waals surface area contributed by atoms with Crippen LogP contribution in [-0.2, 0) is 11.3 Å². The van der Waals surface area contributed by atoms with Crippen LogP contribution in [0.15, 0.2) is 16.5 Å². The highest BCUT2D eigenvalue weighted by Crippen LogP contribution is 2.38. The Morgan fingerprint density at radius 2 is 2.16 bits per heavy atom. The SMILES string of the molecule is Cl.Cl.O=C(CN1CC2CNCC2(CO)C1)NCc1ccc(C(=O)O)o1. The summed E-state index contributed by atoms with van der Waals surface area (Å²) >= 11 is 0. The van der Waals surface area contributed by atoms with E-state index in [1.165, 1.54) is 12.1 Å². The number of carbonyl (C=O) groups is 2. The molecule has 8 nitrogen and oxygen atoms in total. The first kappa shape index (κ1) is 21.7. The molecule has 3 rings (SSSR count). The molecule has 2 aliphatic rings. The summed E-state index contributed by atoms with van der Waals surface area (Å²) in [5.41, 5.74) is -0.127. The number of aliphatic hydroxyl groups excluding tert-OH is 1. The van der Waals surface area contributed by atoms with Crippen LogP contribution < -0.4 is 10.6 Å². The average molecular weight is 396 g/mol. The second-order valence-electron chi connectivity index (χ2n) is 6.37. The number of likely N-dealkylation sites (tertiary alicyclic amines) is 1. The third kappa shape index (κ3) is 4.65. The molecule has 1 amide bonds. The molecule has 2 fully saturated rings. The van der Waals surface area contributed by atoms with E-state index in [1.807, 2.05) is 0 Å². The standard InChI is InChI=1S/C15H21N3O5.2ClH/c19-9-15-7-16-3-10(15)5-18(8-15)6-13(20)17-4-11-1-2-12(23-11)14(21)22;;/h1-2,10,16,19H,3-9H2,(H,17,20)(H,21,22);2*1H. The minimum atomic E-state index is -1.13. The van der Waals surface area contributed by atoms with Crippen LogP contribution in [-0.4, -0.2) is 66.3 Å². The van der Waals surface area contributed by atoms with Crippen LogP contribution in [0.1, 0.15) is 16.3 Å². The van der Waals surface area contributed by atoms with Crippen LogP contribution in [0, 0.1) is 11.3 Å². The Labute approximate surface area is 157 Å². The number of rotatable bonds is 6. The third-order valence-electron chi connectivity index (χ3n) is 4.77. The normalized spacial score (nSPS) is 24.9. The minimum Gasteiger partial charge on any atom is -0.475 e. The van der Waals surface area contributed by atoms with Crippen molar-refractivity contribution in [2.75, 3.05) is 39.3 Å². The van der Waals surface area contributed by atoms with Gasteiger partial charge >= 0.3 is 5.97 Å². The molecular weight excluding hydrogens is 373 g/mol. The Morgan fingerprint density at radius 1 is 1.40 bits per heavy atom. The maximum absolute atomic E-state index is 12.0. The van der Waals surface area contributed by atoms with Gasteiger partial charge in [-0.3, -0.25) is 9.69 Å². The number of hydrogen-bond donors (Lipinski definition) is 4. The van der Waals surface area contributed by atoms with Crippen molar-refractivity contribution in [1.82, 2.24) is 15.5 Å². The molecule has 2 saturated heterocycles. The van der Waals surface area contributed by atoms with Gasteiger partial charge in [0.05, 0.1) is 19.7 Å². The molecule has 142 valence electrons. The highest BCUT2D eigenvalue weighted by atomic mass is 35.5. The zero-order chi connectivity index (χ0) is 16.4. The van der Waals surface area contributed by atoms with Gasteiger partial charge in [-0.1, -0.05) is 0 Å². The van der Waals surface area contributed by atoms with Gasteiger partial charge in [-0.2, -0.15) is 0 Å². The van der Waals surface area contributed by atoms with Crippen molar-refractivity contribution in [1.29, 1.82) is 0 Å². The highest BCUT2D eigenvalue weighted by molar-refractivity contribution is 5.85. The molecule has 2 atom stereocenters. The molecular formula is C15H23Cl2N3O5. The lowest BCUT2D eigenvalue weighted by molar-refractivity contribution is -0.122. The Morgan fingerprint density at radius 3 is 2.76 bits per heavy atom. The molecule has 1 aromatic heterocycles. The molecule has 0 bridgehead atoms. The topological polar surface area (TPSA) is 115 Å². The Balaban J connectivity index is 0.00000156. The van der Waals surface area contributed by atoms with Crippen molar-refractivity contribution < 1.29 is 24.2 Å². The monoisotopic (exact) mass is 395 g/mol. The number of furan rings is 1. The van der Waals surface area contributed by atoms with Gasteiger partial charge in [0.15, 0.2) is 0 Å². The van der Waals surface area contributed by atoms with E-state index in [0.29, 0.717) is 18.2 Å². The van der Waals surface area contributed by atoms with E-state index in [0.717, 1.165) is 19.6 Å². The Bertz CT molecular complexity index is 612.